The van der Waals surface area contributed by atoms with Gasteiger partial charge in [-0.25, -0.2) is 0 Å². The number of alkyl halides is 3. The lowest BCUT2D eigenvalue weighted by Crippen LogP contribution is -2.40. The lowest BCUT2D eigenvalue weighted by molar-refractivity contribution is -0.157. The van der Waals surface area contributed by atoms with E-state index in [1.807, 2.05) is 42.5 Å². The van der Waals surface area contributed by atoms with Crippen LogP contribution in [-0.4, -0.2) is 30.7 Å². The molecule has 0 unspecified atom stereocenters. The van der Waals surface area contributed by atoms with E-state index in [4.69, 9.17) is 4.74 Å². The molecule has 0 aliphatic carbocycles. The second kappa shape index (κ2) is 8.51. The van der Waals surface area contributed by atoms with Crippen molar-refractivity contribution in [2.45, 2.75) is 25.6 Å². The quantitative estimate of drug-likeness (QED) is 0.797. The molecule has 0 bridgehead atoms. The van der Waals surface area contributed by atoms with Gasteiger partial charge >= 0.3 is 12.1 Å². The summed E-state index contributed by atoms with van der Waals surface area (Å²) in [5.74, 6) is -1.68. The molecule has 0 aromatic heterocycles. The van der Waals surface area contributed by atoms with E-state index >= 15 is 0 Å². The summed E-state index contributed by atoms with van der Waals surface area (Å²) in [6, 6.07) is 16.9. The first-order chi connectivity index (χ1) is 12.2. The fourth-order valence-corrected chi connectivity index (χ4v) is 2.24. The highest BCUT2D eigenvalue weighted by molar-refractivity contribution is 5.84. The SMILES string of the molecule is C[C@@H](OC(=O)Cc1ccc(-c2ccccc2)cc1)C(=O)NCC(F)(F)F. The number of benzene rings is 2. The molecule has 0 saturated carbocycles. The highest BCUT2D eigenvalue weighted by Gasteiger charge is 2.29. The van der Waals surface area contributed by atoms with Crippen molar-refractivity contribution in [3.05, 3.63) is 60.2 Å². The molecule has 1 amide bonds. The van der Waals surface area contributed by atoms with E-state index in [1.165, 1.54) is 6.92 Å². The molecule has 0 heterocycles. The van der Waals surface area contributed by atoms with Crippen LogP contribution in [0.15, 0.2) is 54.6 Å². The first-order valence-corrected chi connectivity index (χ1v) is 7.93. The third-order valence-electron chi connectivity index (χ3n) is 3.55. The van der Waals surface area contributed by atoms with Gasteiger partial charge in [-0.1, -0.05) is 54.6 Å². The summed E-state index contributed by atoms with van der Waals surface area (Å²) in [6.07, 6.45) is -5.89. The van der Waals surface area contributed by atoms with Crippen LogP contribution < -0.4 is 5.32 Å². The Labute approximate surface area is 149 Å². The van der Waals surface area contributed by atoms with Crippen LogP contribution in [0.2, 0.25) is 0 Å². The molecule has 1 N–H and O–H groups in total. The minimum absolute atomic E-state index is 0.0774. The molecule has 4 nitrogen and oxygen atoms in total. The maximum Gasteiger partial charge on any atom is 0.405 e. The zero-order valence-corrected chi connectivity index (χ0v) is 14.0. The van der Waals surface area contributed by atoms with E-state index in [9.17, 15) is 22.8 Å². The van der Waals surface area contributed by atoms with Crippen molar-refractivity contribution in [1.82, 2.24) is 5.32 Å². The molecule has 0 aliphatic rings. The topological polar surface area (TPSA) is 55.4 Å². The first-order valence-electron chi connectivity index (χ1n) is 7.93. The Morgan fingerprint density at radius 2 is 1.58 bits per heavy atom. The monoisotopic (exact) mass is 365 g/mol. The standard InChI is InChI=1S/C19H18F3NO3/c1-13(18(25)23-12-19(20,21)22)26-17(24)11-14-7-9-16(10-8-14)15-5-3-2-4-6-15/h2-10,13H,11-12H2,1H3,(H,23,25)/t13-/m1/s1. The number of amides is 1. The minimum atomic E-state index is -4.51. The van der Waals surface area contributed by atoms with Gasteiger partial charge in [-0.3, -0.25) is 9.59 Å². The van der Waals surface area contributed by atoms with Gasteiger partial charge < -0.3 is 10.1 Å². The van der Waals surface area contributed by atoms with E-state index in [0.717, 1.165) is 11.1 Å². The average molecular weight is 365 g/mol. The third kappa shape index (κ3) is 6.23. The van der Waals surface area contributed by atoms with Crippen molar-refractivity contribution in [2.75, 3.05) is 6.54 Å². The van der Waals surface area contributed by atoms with E-state index in [-0.39, 0.29) is 6.42 Å². The van der Waals surface area contributed by atoms with Gasteiger partial charge in [0.2, 0.25) is 0 Å². The molecule has 138 valence electrons. The number of carbonyl (C=O) groups excluding carboxylic acids is 2. The zero-order valence-electron chi connectivity index (χ0n) is 14.0. The second-order valence-corrected chi connectivity index (χ2v) is 5.70. The maximum absolute atomic E-state index is 12.1. The number of nitrogens with one attached hydrogen (secondary N) is 1. The molecular weight excluding hydrogens is 347 g/mol. The van der Waals surface area contributed by atoms with Crippen molar-refractivity contribution in [3.63, 3.8) is 0 Å². The van der Waals surface area contributed by atoms with Crippen LogP contribution in [0.4, 0.5) is 13.2 Å². The van der Waals surface area contributed by atoms with Crippen molar-refractivity contribution in [2.24, 2.45) is 0 Å². The van der Waals surface area contributed by atoms with Gasteiger partial charge in [-0.2, -0.15) is 13.2 Å². The van der Waals surface area contributed by atoms with Crippen molar-refractivity contribution >= 4 is 11.9 Å². The van der Waals surface area contributed by atoms with Crippen LogP contribution in [0.5, 0.6) is 0 Å². The van der Waals surface area contributed by atoms with Gasteiger partial charge in [0.1, 0.15) is 6.54 Å². The predicted molar refractivity (Wildman–Crippen MR) is 90.2 cm³/mol. The summed E-state index contributed by atoms with van der Waals surface area (Å²) in [5, 5.41) is 1.68. The fraction of sp³-hybridized carbons (Fsp3) is 0.263. The molecule has 2 aromatic rings. The van der Waals surface area contributed by atoms with Gasteiger partial charge in [0.05, 0.1) is 6.42 Å². The Morgan fingerprint density at radius 1 is 1.00 bits per heavy atom. The number of hydrogen-bond donors (Lipinski definition) is 1. The summed E-state index contributed by atoms with van der Waals surface area (Å²) in [4.78, 5) is 23.3. The normalized spacial score (nSPS) is 12.3. The minimum Gasteiger partial charge on any atom is -0.452 e. The number of rotatable bonds is 6. The van der Waals surface area contributed by atoms with Crippen LogP contribution in [0, 0.1) is 0 Å². The zero-order chi connectivity index (χ0) is 19.2. The number of ether oxygens (including phenoxy) is 1. The second-order valence-electron chi connectivity index (χ2n) is 5.70. The Bertz CT molecular complexity index is 743. The van der Waals surface area contributed by atoms with Gasteiger partial charge in [0, 0.05) is 0 Å². The third-order valence-corrected chi connectivity index (χ3v) is 3.55. The predicted octanol–water partition coefficient (Wildman–Crippen LogP) is 3.51. The molecule has 7 heteroatoms. The Balaban J connectivity index is 1.86. The maximum atomic E-state index is 12.1. The van der Waals surface area contributed by atoms with Gasteiger partial charge in [-0.05, 0) is 23.6 Å². The Kier molecular flexibility index (Phi) is 6.38. The van der Waals surface area contributed by atoms with Crippen LogP contribution in [-0.2, 0) is 20.7 Å². The lowest BCUT2D eigenvalue weighted by atomic mass is 10.0. The molecule has 0 aliphatic heterocycles. The highest BCUT2D eigenvalue weighted by Crippen LogP contribution is 2.19. The molecule has 0 fully saturated rings. The molecule has 2 aromatic carbocycles. The van der Waals surface area contributed by atoms with E-state index in [2.05, 4.69) is 0 Å². The van der Waals surface area contributed by atoms with Crippen molar-refractivity contribution < 1.29 is 27.5 Å². The van der Waals surface area contributed by atoms with Crippen LogP contribution in [0.25, 0.3) is 11.1 Å². The fourth-order valence-electron chi connectivity index (χ4n) is 2.24. The van der Waals surface area contributed by atoms with Crippen LogP contribution in [0.1, 0.15) is 12.5 Å². The van der Waals surface area contributed by atoms with Gasteiger partial charge in [-0.15, -0.1) is 0 Å². The van der Waals surface area contributed by atoms with Crippen molar-refractivity contribution in [3.8, 4) is 11.1 Å². The number of carbonyl (C=O) groups is 2. The number of hydrogen-bond acceptors (Lipinski definition) is 3. The molecule has 0 radical (unpaired) electrons. The average Bonchev–Trinajstić information content (AvgIpc) is 2.60. The van der Waals surface area contributed by atoms with Gasteiger partial charge in [0.15, 0.2) is 6.10 Å². The summed E-state index contributed by atoms with van der Waals surface area (Å²) >= 11 is 0. The van der Waals surface area contributed by atoms with E-state index in [1.54, 1.807) is 17.4 Å². The molecule has 0 saturated heterocycles. The summed E-state index contributed by atoms with van der Waals surface area (Å²) in [6.45, 7) is -0.239. The molecule has 2 rings (SSSR count). The lowest BCUT2D eigenvalue weighted by Gasteiger charge is -2.14. The number of esters is 1. The Hall–Kier alpha value is -2.83. The summed E-state index contributed by atoms with van der Waals surface area (Å²) < 4.78 is 41.1. The molecule has 1 atom stereocenters. The molecule has 0 spiro atoms. The largest absolute Gasteiger partial charge is 0.452 e. The first kappa shape index (κ1) is 19.5. The molecule has 26 heavy (non-hydrogen) atoms. The van der Waals surface area contributed by atoms with E-state index < -0.39 is 30.7 Å². The van der Waals surface area contributed by atoms with E-state index in [0.29, 0.717) is 5.56 Å². The number of halogens is 3. The molecular formula is C19H18F3NO3. The van der Waals surface area contributed by atoms with Gasteiger partial charge in [0.25, 0.3) is 5.91 Å². The van der Waals surface area contributed by atoms with Crippen LogP contribution >= 0.6 is 0 Å². The Morgan fingerprint density at radius 3 is 2.15 bits per heavy atom. The summed E-state index contributed by atoms with van der Waals surface area (Å²) in [7, 11) is 0. The summed E-state index contributed by atoms with van der Waals surface area (Å²) in [5.41, 5.74) is 2.71. The highest BCUT2D eigenvalue weighted by atomic mass is 19.4. The smallest absolute Gasteiger partial charge is 0.405 e. The van der Waals surface area contributed by atoms with Crippen molar-refractivity contribution in [1.29, 1.82) is 0 Å². The van der Waals surface area contributed by atoms with Crippen LogP contribution in [0.3, 0.4) is 0 Å².